The number of nitrogens with one attached hydrogen (secondary N) is 1. The molecule has 2 aliphatic rings. The van der Waals surface area contributed by atoms with Crippen LogP contribution in [0.15, 0.2) is 15.8 Å². The van der Waals surface area contributed by atoms with E-state index in [4.69, 9.17) is 14.2 Å². The first kappa shape index (κ1) is 13.5. The van der Waals surface area contributed by atoms with Gasteiger partial charge in [-0.2, -0.15) is 0 Å². The van der Waals surface area contributed by atoms with Crippen molar-refractivity contribution >= 4 is 0 Å². The number of aliphatic hydroxyl groups excluding tert-OH is 1. The SMILES string of the molecule is Cc1cn([C@@H]2O[C@H](CO)[C@H]3OC(C)O[C@@H]32)c(=O)[nH]c1=O. The minimum absolute atomic E-state index is 0.231. The highest BCUT2D eigenvalue weighted by Crippen LogP contribution is 2.38. The molecule has 0 bridgehead atoms. The molecule has 0 radical (unpaired) electrons. The lowest BCUT2D eigenvalue weighted by molar-refractivity contribution is -0.145. The standard InChI is InChI=1S/C12H16N2O6/c1-5-3-14(12(17)13-10(5)16)11-9-8(7(4-15)20-11)18-6(2)19-9/h3,6-9,11,15H,4H2,1-2H3,(H,13,16,17)/t6?,7-,8-,9+,11-/m1/s1. The molecule has 1 aromatic rings. The summed E-state index contributed by atoms with van der Waals surface area (Å²) in [4.78, 5) is 25.5. The van der Waals surface area contributed by atoms with E-state index in [-0.39, 0.29) is 6.61 Å². The smallest absolute Gasteiger partial charge is 0.330 e. The number of H-pyrrole nitrogens is 1. The second kappa shape index (κ2) is 4.81. The van der Waals surface area contributed by atoms with E-state index in [2.05, 4.69) is 4.98 Å². The summed E-state index contributed by atoms with van der Waals surface area (Å²) in [6.45, 7) is 3.11. The molecule has 3 rings (SSSR count). The average molecular weight is 284 g/mol. The number of rotatable bonds is 2. The molecule has 0 aromatic carbocycles. The maximum absolute atomic E-state index is 11.9. The molecule has 1 aromatic heterocycles. The van der Waals surface area contributed by atoms with Crippen molar-refractivity contribution in [2.45, 2.75) is 44.7 Å². The highest BCUT2D eigenvalue weighted by atomic mass is 16.8. The Balaban J connectivity index is 2.00. The van der Waals surface area contributed by atoms with Gasteiger partial charge in [0, 0.05) is 11.8 Å². The van der Waals surface area contributed by atoms with Crippen molar-refractivity contribution in [2.24, 2.45) is 0 Å². The maximum atomic E-state index is 11.9. The minimum atomic E-state index is -0.731. The molecule has 2 aliphatic heterocycles. The van der Waals surface area contributed by atoms with Gasteiger partial charge in [-0.15, -0.1) is 0 Å². The Morgan fingerprint density at radius 2 is 2.00 bits per heavy atom. The molecular weight excluding hydrogens is 268 g/mol. The van der Waals surface area contributed by atoms with Gasteiger partial charge in [-0.3, -0.25) is 14.3 Å². The van der Waals surface area contributed by atoms with E-state index in [0.717, 1.165) is 0 Å². The summed E-state index contributed by atoms with van der Waals surface area (Å²) >= 11 is 0. The topological polar surface area (TPSA) is 103 Å². The van der Waals surface area contributed by atoms with Crippen molar-refractivity contribution in [3.05, 3.63) is 32.6 Å². The lowest BCUT2D eigenvalue weighted by Crippen LogP contribution is -2.37. The molecule has 1 unspecified atom stereocenters. The number of aromatic nitrogens is 2. The Kier molecular flexibility index (Phi) is 3.25. The van der Waals surface area contributed by atoms with Crippen LogP contribution in [0.2, 0.25) is 0 Å². The summed E-state index contributed by atoms with van der Waals surface area (Å²) in [5.74, 6) is 0. The summed E-state index contributed by atoms with van der Waals surface area (Å²) < 4.78 is 18.0. The number of hydrogen-bond donors (Lipinski definition) is 2. The monoisotopic (exact) mass is 284 g/mol. The highest BCUT2D eigenvalue weighted by Gasteiger charge is 2.52. The van der Waals surface area contributed by atoms with Crippen LogP contribution in [0.4, 0.5) is 0 Å². The molecular formula is C12H16N2O6. The zero-order valence-corrected chi connectivity index (χ0v) is 11.1. The third kappa shape index (κ3) is 2.01. The third-order valence-electron chi connectivity index (χ3n) is 3.58. The fraction of sp³-hybridized carbons (Fsp3) is 0.667. The van der Waals surface area contributed by atoms with Crippen molar-refractivity contribution in [3.8, 4) is 0 Å². The van der Waals surface area contributed by atoms with Gasteiger partial charge in [0.25, 0.3) is 5.56 Å². The molecule has 110 valence electrons. The first-order valence-electron chi connectivity index (χ1n) is 6.40. The van der Waals surface area contributed by atoms with Crippen LogP contribution in [0.1, 0.15) is 18.7 Å². The molecule has 0 aliphatic carbocycles. The summed E-state index contributed by atoms with van der Waals surface area (Å²) in [7, 11) is 0. The fourth-order valence-corrected chi connectivity index (χ4v) is 2.64. The third-order valence-corrected chi connectivity index (χ3v) is 3.58. The number of hydrogen-bond acceptors (Lipinski definition) is 6. The van der Waals surface area contributed by atoms with Crippen molar-refractivity contribution in [3.63, 3.8) is 0 Å². The second-order valence-electron chi connectivity index (χ2n) is 5.00. The number of fused-ring (bicyclic) bond motifs is 1. The maximum Gasteiger partial charge on any atom is 0.330 e. The molecule has 0 amide bonds. The predicted molar refractivity (Wildman–Crippen MR) is 66.3 cm³/mol. The number of aromatic amines is 1. The zero-order chi connectivity index (χ0) is 14.4. The average Bonchev–Trinajstić information content (AvgIpc) is 2.91. The van der Waals surface area contributed by atoms with Crippen LogP contribution in [0.5, 0.6) is 0 Å². The second-order valence-corrected chi connectivity index (χ2v) is 5.00. The van der Waals surface area contributed by atoms with Crippen LogP contribution >= 0.6 is 0 Å². The van der Waals surface area contributed by atoms with Crippen LogP contribution in [0.25, 0.3) is 0 Å². The quantitative estimate of drug-likeness (QED) is 0.712. The Morgan fingerprint density at radius 1 is 1.30 bits per heavy atom. The summed E-state index contributed by atoms with van der Waals surface area (Å²) in [5.41, 5.74) is -0.619. The van der Waals surface area contributed by atoms with E-state index >= 15 is 0 Å². The lowest BCUT2D eigenvalue weighted by Gasteiger charge is -2.19. The number of ether oxygens (including phenoxy) is 3. The molecule has 5 atom stereocenters. The number of nitrogens with zero attached hydrogens (tertiary/aromatic N) is 1. The first-order valence-corrected chi connectivity index (χ1v) is 6.40. The van der Waals surface area contributed by atoms with Crippen molar-refractivity contribution in [2.75, 3.05) is 6.61 Å². The van der Waals surface area contributed by atoms with Gasteiger partial charge >= 0.3 is 5.69 Å². The van der Waals surface area contributed by atoms with E-state index in [1.165, 1.54) is 10.8 Å². The molecule has 0 saturated carbocycles. The van der Waals surface area contributed by atoms with Gasteiger partial charge in [0.15, 0.2) is 12.5 Å². The van der Waals surface area contributed by atoms with E-state index < -0.39 is 42.1 Å². The summed E-state index contributed by atoms with van der Waals surface area (Å²) in [6.07, 6.45) is -1.22. The van der Waals surface area contributed by atoms with E-state index in [1.807, 2.05) is 0 Å². The van der Waals surface area contributed by atoms with Crippen LogP contribution in [0, 0.1) is 6.92 Å². The largest absolute Gasteiger partial charge is 0.394 e. The van der Waals surface area contributed by atoms with Crippen LogP contribution in [-0.4, -0.2) is 45.9 Å². The fourth-order valence-electron chi connectivity index (χ4n) is 2.64. The Morgan fingerprint density at radius 3 is 2.70 bits per heavy atom. The van der Waals surface area contributed by atoms with Crippen LogP contribution < -0.4 is 11.2 Å². The Labute approximate surface area is 113 Å². The summed E-state index contributed by atoms with van der Waals surface area (Å²) in [6, 6.07) is 0. The van der Waals surface area contributed by atoms with Gasteiger partial charge in [0.05, 0.1) is 6.61 Å². The van der Waals surface area contributed by atoms with E-state index in [0.29, 0.717) is 5.56 Å². The van der Waals surface area contributed by atoms with Crippen molar-refractivity contribution < 1.29 is 19.3 Å². The normalized spacial score (nSPS) is 36.2. The van der Waals surface area contributed by atoms with Crippen molar-refractivity contribution in [1.82, 2.24) is 9.55 Å². The van der Waals surface area contributed by atoms with Gasteiger partial charge < -0.3 is 19.3 Å². The van der Waals surface area contributed by atoms with Crippen LogP contribution in [0.3, 0.4) is 0 Å². The van der Waals surface area contributed by atoms with Gasteiger partial charge in [-0.1, -0.05) is 0 Å². The minimum Gasteiger partial charge on any atom is -0.394 e. The molecule has 20 heavy (non-hydrogen) atoms. The van der Waals surface area contributed by atoms with Gasteiger partial charge in [0.1, 0.15) is 18.3 Å². The van der Waals surface area contributed by atoms with Gasteiger partial charge in [-0.25, -0.2) is 4.79 Å². The molecule has 8 nitrogen and oxygen atoms in total. The van der Waals surface area contributed by atoms with Gasteiger partial charge in [-0.05, 0) is 13.8 Å². The van der Waals surface area contributed by atoms with E-state index in [1.54, 1.807) is 13.8 Å². The predicted octanol–water partition coefficient (Wildman–Crippen LogP) is -1.14. The Bertz CT molecular complexity index is 623. The molecule has 2 saturated heterocycles. The Hall–Kier alpha value is -1.48. The molecule has 2 N–H and O–H groups in total. The zero-order valence-electron chi connectivity index (χ0n) is 11.1. The molecule has 0 spiro atoms. The molecule has 2 fully saturated rings. The number of aryl methyl sites for hydroxylation is 1. The summed E-state index contributed by atoms with van der Waals surface area (Å²) in [5, 5.41) is 9.33. The van der Waals surface area contributed by atoms with Gasteiger partial charge in [0.2, 0.25) is 0 Å². The van der Waals surface area contributed by atoms with Crippen molar-refractivity contribution in [1.29, 1.82) is 0 Å². The highest BCUT2D eigenvalue weighted by molar-refractivity contribution is 5.04. The first-order chi connectivity index (χ1) is 9.51. The lowest BCUT2D eigenvalue weighted by atomic mass is 10.1. The van der Waals surface area contributed by atoms with Crippen LogP contribution in [-0.2, 0) is 14.2 Å². The number of aliphatic hydroxyl groups is 1. The van der Waals surface area contributed by atoms with E-state index in [9.17, 15) is 14.7 Å². The molecule has 8 heteroatoms. The molecule has 3 heterocycles.